The lowest BCUT2D eigenvalue weighted by atomic mass is 10.0. The number of carbonyl (C=O) groups is 1. The molecule has 1 N–H and O–H groups in total. The summed E-state index contributed by atoms with van der Waals surface area (Å²) in [5.74, 6) is -0.913. The van der Waals surface area contributed by atoms with Gasteiger partial charge in [-0.2, -0.15) is 0 Å². The van der Waals surface area contributed by atoms with E-state index in [1.807, 2.05) is 6.08 Å². The molecule has 0 saturated carbocycles. The van der Waals surface area contributed by atoms with Gasteiger partial charge in [-0.3, -0.25) is 4.79 Å². The van der Waals surface area contributed by atoms with Gasteiger partial charge >= 0.3 is 5.97 Å². The van der Waals surface area contributed by atoms with Crippen molar-refractivity contribution in [2.45, 2.75) is 39.0 Å². The van der Waals surface area contributed by atoms with Crippen LogP contribution < -0.4 is 0 Å². The molecule has 0 aromatic rings. The van der Waals surface area contributed by atoms with Crippen LogP contribution in [0.5, 0.6) is 0 Å². The average Bonchev–Trinajstić information content (AvgIpc) is 2.32. The first-order valence-electron chi connectivity index (χ1n) is 5.76. The van der Waals surface area contributed by atoms with Crippen molar-refractivity contribution in [1.29, 1.82) is 0 Å². The highest BCUT2D eigenvalue weighted by Gasteiger charge is 2.08. The van der Waals surface area contributed by atoms with Crippen molar-refractivity contribution in [3.8, 4) is 0 Å². The van der Waals surface area contributed by atoms with Gasteiger partial charge < -0.3 is 5.11 Å². The van der Waals surface area contributed by atoms with Gasteiger partial charge in [0.25, 0.3) is 0 Å². The Kier molecular flexibility index (Phi) is 10.1. The van der Waals surface area contributed by atoms with E-state index in [-0.39, 0.29) is 5.92 Å². The molecule has 1 heterocycles. The van der Waals surface area contributed by atoms with Gasteiger partial charge in [0.1, 0.15) is 0 Å². The highest BCUT2D eigenvalue weighted by atomic mass is 17.2. The second kappa shape index (κ2) is 10.6. The largest absolute Gasteiger partial charge is 0.481 e. The lowest BCUT2D eigenvalue weighted by Gasteiger charge is -2.07. The van der Waals surface area contributed by atoms with Gasteiger partial charge in [-0.15, -0.1) is 6.58 Å². The van der Waals surface area contributed by atoms with Crippen molar-refractivity contribution >= 4 is 5.97 Å². The van der Waals surface area contributed by atoms with E-state index >= 15 is 0 Å². The van der Waals surface area contributed by atoms with Crippen LogP contribution in [0.15, 0.2) is 12.7 Å². The third kappa shape index (κ3) is 9.68. The van der Waals surface area contributed by atoms with Crippen LogP contribution in [-0.2, 0) is 14.6 Å². The number of allylic oxidation sites excluding steroid dienone is 1. The number of rotatable bonds is 5. The van der Waals surface area contributed by atoms with Gasteiger partial charge in [-0.25, -0.2) is 9.78 Å². The first-order chi connectivity index (χ1) is 7.68. The zero-order valence-corrected chi connectivity index (χ0v) is 9.98. The lowest BCUT2D eigenvalue weighted by Crippen LogP contribution is -2.08. The summed E-state index contributed by atoms with van der Waals surface area (Å²) in [5, 5.41) is 8.46. The summed E-state index contributed by atoms with van der Waals surface area (Å²) in [6.45, 7) is 6.84. The Morgan fingerprint density at radius 3 is 2.31 bits per heavy atom. The molecule has 0 bridgehead atoms. The number of hydrogen-bond donors (Lipinski definition) is 1. The summed E-state index contributed by atoms with van der Waals surface area (Å²) in [6, 6.07) is 0. The van der Waals surface area contributed by atoms with Crippen LogP contribution in [0.4, 0.5) is 0 Å². The second-order valence-corrected chi connectivity index (χ2v) is 3.81. The fourth-order valence-electron chi connectivity index (χ4n) is 1.13. The number of aliphatic carboxylic acids is 1. The molecule has 4 nitrogen and oxygen atoms in total. The normalized spacial score (nSPS) is 16.8. The zero-order chi connectivity index (χ0) is 12.2. The summed E-state index contributed by atoms with van der Waals surface area (Å²) in [6.07, 6.45) is 6.71. The van der Waals surface area contributed by atoms with Crippen LogP contribution in [0.1, 0.15) is 39.0 Å². The molecule has 1 fully saturated rings. The maximum Gasteiger partial charge on any atom is 0.306 e. The minimum Gasteiger partial charge on any atom is -0.481 e. The summed E-state index contributed by atoms with van der Waals surface area (Å²) >= 11 is 0. The molecule has 1 aliphatic rings. The minimum atomic E-state index is -0.705. The first-order valence-corrected chi connectivity index (χ1v) is 5.76. The monoisotopic (exact) mass is 230 g/mol. The molecule has 0 aromatic heterocycles. The van der Waals surface area contributed by atoms with E-state index in [0.29, 0.717) is 0 Å². The standard InChI is InChI=1S/C8H14O2.C4H8O2/c1-3-4-5-6-7(2)8(9)10;1-2-4-6-5-3-1/h3,7H,1,4-6H2,2H3,(H,9,10);1-4H2. The predicted octanol–water partition coefficient (Wildman–Crippen LogP) is 2.79. The topological polar surface area (TPSA) is 55.8 Å². The third-order valence-electron chi connectivity index (χ3n) is 2.26. The first kappa shape index (κ1) is 15.1. The molecule has 94 valence electrons. The molecule has 1 aliphatic heterocycles. The van der Waals surface area contributed by atoms with Crippen LogP contribution >= 0.6 is 0 Å². The second-order valence-electron chi connectivity index (χ2n) is 3.81. The zero-order valence-electron chi connectivity index (χ0n) is 9.98. The molecule has 16 heavy (non-hydrogen) atoms. The van der Waals surface area contributed by atoms with Gasteiger partial charge in [0, 0.05) is 0 Å². The molecule has 1 rings (SSSR count). The van der Waals surface area contributed by atoms with E-state index in [9.17, 15) is 4.79 Å². The molecule has 0 radical (unpaired) electrons. The molecule has 0 aromatic carbocycles. The summed E-state index contributed by atoms with van der Waals surface area (Å²) in [4.78, 5) is 19.4. The van der Waals surface area contributed by atoms with Gasteiger partial charge in [0.15, 0.2) is 0 Å². The predicted molar refractivity (Wildman–Crippen MR) is 62.0 cm³/mol. The molecule has 1 saturated heterocycles. The Bertz CT molecular complexity index is 176. The minimum absolute atomic E-state index is 0.208. The van der Waals surface area contributed by atoms with Crippen molar-refractivity contribution in [1.82, 2.24) is 0 Å². The lowest BCUT2D eigenvalue weighted by molar-refractivity contribution is -0.312. The molecule has 0 amide bonds. The molecule has 0 aliphatic carbocycles. The Morgan fingerprint density at radius 1 is 1.44 bits per heavy atom. The van der Waals surface area contributed by atoms with Crippen molar-refractivity contribution in [3.63, 3.8) is 0 Å². The summed E-state index contributed by atoms with van der Waals surface area (Å²) in [5.41, 5.74) is 0. The van der Waals surface area contributed by atoms with Crippen LogP contribution in [0.3, 0.4) is 0 Å². The van der Waals surface area contributed by atoms with Gasteiger partial charge in [0.05, 0.1) is 19.1 Å². The maximum atomic E-state index is 10.3. The van der Waals surface area contributed by atoms with E-state index in [2.05, 4.69) is 16.4 Å². The fourth-order valence-corrected chi connectivity index (χ4v) is 1.13. The molecule has 0 spiro atoms. The highest BCUT2D eigenvalue weighted by molar-refractivity contribution is 5.69. The van der Waals surface area contributed by atoms with Crippen molar-refractivity contribution in [3.05, 3.63) is 12.7 Å². The number of hydrogen-bond acceptors (Lipinski definition) is 3. The Morgan fingerprint density at radius 2 is 2.00 bits per heavy atom. The summed E-state index contributed by atoms with van der Waals surface area (Å²) in [7, 11) is 0. The highest BCUT2D eigenvalue weighted by Crippen LogP contribution is 2.07. The van der Waals surface area contributed by atoms with E-state index in [0.717, 1.165) is 45.3 Å². The Labute approximate surface area is 97.2 Å². The van der Waals surface area contributed by atoms with Crippen molar-refractivity contribution in [2.24, 2.45) is 5.92 Å². The van der Waals surface area contributed by atoms with Crippen molar-refractivity contribution < 1.29 is 19.7 Å². The van der Waals surface area contributed by atoms with Gasteiger partial charge in [-0.05, 0) is 32.1 Å². The van der Waals surface area contributed by atoms with E-state index in [1.54, 1.807) is 6.92 Å². The smallest absolute Gasteiger partial charge is 0.306 e. The van der Waals surface area contributed by atoms with Crippen molar-refractivity contribution in [2.75, 3.05) is 13.2 Å². The van der Waals surface area contributed by atoms with Crippen LogP contribution in [0.2, 0.25) is 0 Å². The van der Waals surface area contributed by atoms with E-state index in [4.69, 9.17) is 5.11 Å². The van der Waals surface area contributed by atoms with Crippen LogP contribution in [-0.4, -0.2) is 24.3 Å². The molecular weight excluding hydrogens is 208 g/mol. The number of carboxylic acid groups (broad SMARTS) is 1. The molecule has 4 heteroatoms. The van der Waals surface area contributed by atoms with Crippen LogP contribution in [0, 0.1) is 5.92 Å². The van der Waals surface area contributed by atoms with Crippen LogP contribution in [0.25, 0.3) is 0 Å². The van der Waals surface area contributed by atoms with Gasteiger partial charge in [0.2, 0.25) is 0 Å². The van der Waals surface area contributed by atoms with E-state index in [1.165, 1.54) is 0 Å². The average molecular weight is 230 g/mol. The van der Waals surface area contributed by atoms with Gasteiger partial charge in [-0.1, -0.05) is 13.0 Å². The molecule has 1 atom stereocenters. The maximum absolute atomic E-state index is 10.3. The number of carboxylic acids is 1. The third-order valence-corrected chi connectivity index (χ3v) is 2.26. The quantitative estimate of drug-likeness (QED) is 0.448. The molecular formula is C12H22O4. The summed E-state index contributed by atoms with van der Waals surface area (Å²) < 4.78 is 0. The van der Waals surface area contributed by atoms with E-state index < -0.39 is 5.97 Å². The molecule has 1 unspecified atom stereocenters. The SMILES string of the molecule is C1CCOOC1.C=CCCCC(C)C(=O)O. The Balaban J connectivity index is 0.000000315. The number of unbranched alkanes of at least 4 members (excludes halogenated alkanes) is 1. The Hall–Kier alpha value is -0.870. The fraction of sp³-hybridized carbons (Fsp3) is 0.750.